The van der Waals surface area contributed by atoms with E-state index in [9.17, 15) is 4.79 Å². The zero-order chi connectivity index (χ0) is 16.8. The highest BCUT2D eigenvalue weighted by molar-refractivity contribution is 7.22. The first-order valence-electron chi connectivity index (χ1n) is 7.39. The number of halogens is 1. The van der Waals surface area contributed by atoms with Crippen LogP contribution in [0.1, 0.15) is 21.7 Å². The Hall–Kier alpha value is -2.37. The molecular weight excluding hydrogens is 344 g/mol. The van der Waals surface area contributed by atoms with Crippen LogP contribution in [0.2, 0.25) is 5.02 Å². The van der Waals surface area contributed by atoms with Crippen LogP contribution in [0.3, 0.4) is 0 Å². The number of nitrogens with one attached hydrogen (secondary N) is 1. The Morgan fingerprint density at radius 3 is 2.88 bits per heavy atom. The number of carbonyl (C=O) groups is 1. The first-order valence-corrected chi connectivity index (χ1v) is 8.58. The molecule has 4 nitrogen and oxygen atoms in total. The summed E-state index contributed by atoms with van der Waals surface area (Å²) in [6, 6.07) is 11.5. The van der Waals surface area contributed by atoms with Crippen molar-refractivity contribution in [3.8, 4) is 0 Å². The molecule has 0 fully saturated rings. The van der Waals surface area contributed by atoms with E-state index in [4.69, 9.17) is 16.0 Å². The summed E-state index contributed by atoms with van der Waals surface area (Å²) < 4.78 is 6.73. The van der Waals surface area contributed by atoms with Gasteiger partial charge in [-0.25, -0.2) is 4.98 Å². The lowest BCUT2D eigenvalue weighted by Gasteiger charge is -1.98. The van der Waals surface area contributed by atoms with Crippen LogP contribution in [0, 0.1) is 13.8 Å². The Labute approximate surface area is 147 Å². The molecule has 2 aromatic carbocycles. The molecular formula is C18H13ClN2O2S. The Bertz CT molecular complexity index is 1100. The molecule has 4 aromatic rings. The van der Waals surface area contributed by atoms with Crippen molar-refractivity contribution in [2.45, 2.75) is 13.8 Å². The number of hydrogen-bond acceptors (Lipinski definition) is 4. The van der Waals surface area contributed by atoms with Crippen LogP contribution in [0.15, 0.2) is 40.8 Å². The van der Waals surface area contributed by atoms with Gasteiger partial charge in [-0.2, -0.15) is 0 Å². The average molecular weight is 357 g/mol. The molecule has 0 saturated carbocycles. The number of aryl methyl sites for hydroxylation is 2. The van der Waals surface area contributed by atoms with Crippen molar-refractivity contribution >= 4 is 55.2 Å². The van der Waals surface area contributed by atoms with Crippen LogP contribution >= 0.6 is 22.9 Å². The summed E-state index contributed by atoms with van der Waals surface area (Å²) in [5.41, 5.74) is 3.32. The van der Waals surface area contributed by atoms with Crippen molar-refractivity contribution in [2.24, 2.45) is 0 Å². The highest BCUT2D eigenvalue weighted by Crippen LogP contribution is 2.32. The number of carbonyl (C=O) groups excluding carboxylic acids is 1. The minimum atomic E-state index is -0.324. The van der Waals surface area contributed by atoms with Gasteiger partial charge in [0, 0.05) is 10.9 Å². The smallest absolute Gasteiger partial charge is 0.293 e. The van der Waals surface area contributed by atoms with Crippen LogP contribution in [0.25, 0.3) is 21.2 Å². The molecule has 0 saturated heterocycles. The first-order chi connectivity index (χ1) is 11.5. The minimum absolute atomic E-state index is 0.258. The molecule has 1 amide bonds. The van der Waals surface area contributed by atoms with Gasteiger partial charge in [0.05, 0.1) is 15.2 Å². The summed E-state index contributed by atoms with van der Waals surface area (Å²) in [6.07, 6.45) is 0. The van der Waals surface area contributed by atoms with Gasteiger partial charge >= 0.3 is 0 Å². The quantitative estimate of drug-likeness (QED) is 0.511. The van der Waals surface area contributed by atoms with Crippen molar-refractivity contribution in [2.75, 3.05) is 5.32 Å². The lowest BCUT2D eigenvalue weighted by atomic mass is 10.1. The van der Waals surface area contributed by atoms with E-state index >= 15 is 0 Å². The maximum atomic E-state index is 12.6. The number of aromatic nitrogens is 1. The largest absolute Gasteiger partial charge is 0.449 e. The van der Waals surface area contributed by atoms with Crippen molar-refractivity contribution < 1.29 is 9.21 Å². The molecule has 0 aliphatic rings. The molecule has 2 heterocycles. The van der Waals surface area contributed by atoms with E-state index < -0.39 is 0 Å². The van der Waals surface area contributed by atoms with E-state index in [1.54, 1.807) is 6.07 Å². The van der Waals surface area contributed by atoms with Crippen LogP contribution in [-0.2, 0) is 0 Å². The molecule has 24 heavy (non-hydrogen) atoms. The van der Waals surface area contributed by atoms with Gasteiger partial charge in [-0.15, -0.1) is 0 Å². The molecule has 0 spiro atoms. The second-order valence-electron chi connectivity index (χ2n) is 5.62. The van der Waals surface area contributed by atoms with Crippen LogP contribution in [-0.4, -0.2) is 10.9 Å². The van der Waals surface area contributed by atoms with Gasteiger partial charge < -0.3 is 4.42 Å². The number of benzene rings is 2. The van der Waals surface area contributed by atoms with E-state index in [0.717, 1.165) is 26.7 Å². The molecule has 0 aliphatic heterocycles. The van der Waals surface area contributed by atoms with Crippen molar-refractivity contribution in [1.29, 1.82) is 0 Å². The third kappa shape index (κ3) is 2.46. The zero-order valence-corrected chi connectivity index (χ0v) is 14.6. The van der Waals surface area contributed by atoms with Crippen molar-refractivity contribution in [1.82, 2.24) is 4.98 Å². The Balaban J connectivity index is 1.70. The van der Waals surface area contributed by atoms with Crippen molar-refractivity contribution in [3.63, 3.8) is 0 Å². The van der Waals surface area contributed by atoms with E-state index in [-0.39, 0.29) is 11.7 Å². The summed E-state index contributed by atoms with van der Waals surface area (Å²) in [7, 11) is 0. The van der Waals surface area contributed by atoms with Crippen LogP contribution in [0.5, 0.6) is 0 Å². The molecule has 0 bridgehead atoms. The summed E-state index contributed by atoms with van der Waals surface area (Å²) in [4.78, 5) is 17.0. The molecule has 0 atom stereocenters. The highest BCUT2D eigenvalue weighted by atomic mass is 35.5. The monoisotopic (exact) mass is 356 g/mol. The number of anilines is 1. The van der Waals surface area contributed by atoms with Crippen LogP contribution < -0.4 is 5.32 Å². The number of fused-ring (bicyclic) bond motifs is 2. The summed E-state index contributed by atoms with van der Waals surface area (Å²) >= 11 is 7.58. The lowest BCUT2D eigenvalue weighted by Crippen LogP contribution is -2.11. The summed E-state index contributed by atoms with van der Waals surface area (Å²) in [6.45, 7) is 3.87. The van der Waals surface area contributed by atoms with Crippen LogP contribution in [0.4, 0.5) is 5.13 Å². The standard InChI is InChI=1S/C18H13ClN2O2S/c1-9-6-7-13-14(8-9)24-18(20-13)21-17(22)15-10(2)11-4-3-5-12(19)16(11)23-15/h3-8H,1-2H3,(H,20,21,22). The predicted octanol–water partition coefficient (Wildman–Crippen LogP) is 5.57. The molecule has 2 aromatic heterocycles. The lowest BCUT2D eigenvalue weighted by molar-refractivity contribution is 0.0998. The molecule has 0 unspecified atom stereocenters. The van der Waals surface area contributed by atoms with Gasteiger partial charge in [0.2, 0.25) is 0 Å². The minimum Gasteiger partial charge on any atom is -0.449 e. The first kappa shape index (κ1) is 15.2. The molecule has 120 valence electrons. The fourth-order valence-corrected chi connectivity index (χ4v) is 3.84. The SMILES string of the molecule is Cc1ccc2nc(NC(=O)c3oc4c(Cl)cccc4c3C)sc2c1. The summed E-state index contributed by atoms with van der Waals surface area (Å²) in [5, 5.41) is 4.70. The van der Waals surface area contributed by atoms with E-state index in [1.165, 1.54) is 11.3 Å². The third-order valence-electron chi connectivity index (χ3n) is 3.89. The highest BCUT2D eigenvalue weighted by Gasteiger charge is 2.20. The Kier molecular flexibility index (Phi) is 3.55. The number of nitrogens with zero attached hydrogens (tertiary/aromatic N) is 1. The summed E-state index contributed by atoms with van der Waals surface area (Å²) in [5.74, 6) is -0.0657. The number of para-hydroxylation sites is 1. The van der Waals surface area contributed by atoms with Gasteiger partial charge in [-0.3, -0.25) is 10.1 Å². The predicted molar refractivity (Wildman–Crippen MR) is 98.3 cm³/mol. The normalized spacial score (nSPS) is 11.3. The second-order valence-corrected chi connectivity index (χ2v) is 7.05. The number of amides is 1. The van der Waals surface area contributed by atoms with E-state index in [1.807, 2.05) is 38.1 Å². The molecule has 1 N–H and O–H groups in total. The van der Waals surface area contributed by atoms with Gasteiger partial charge in [-0.1, -0.05) is 41.1 Å². The molecule has 0 radical (unpaired) electrons. The van der Waals surface area contributed by atoms with E-state index in [2.05, 4.69) is 16.4 Å². The van der Waals surface area contributed by atoms with Gasteiger partial charge in [0.15, 0.2) is 16.5 Å². The number of hydrogen-bond donors (Lipinski definition) is 1. The molecule has 6 heteroatoms. The maximum absolute atomic E-state index is 12.6. The Morgan fingerprint density at radius 1 is 1.25 bits per heavy atom. The molecule has 0 aliphatic carbocycles. The van der Waals surface area contributed by atoms with Gasteiger partial charge in [0.1, 0.15) is 0 Å². The fraction of sp³-hybridized carbons (Fsp3) is 0.111. The second kappa shape index (κ2) is 5.61. The Morgan fingerprint density at radius 2 is 2.08 bits per heavy atom. The topological polar surface area (TPSA) is 55.1 Å². The van der Waals surface area contributed by atoms with E-state index in [0.29, 0.717) is 15.7 Å². The average Bonchev–Trinajstić information content (AvgIpc) is 3.09. The molecule has 4 rings (SSSR count). The number of furan rings is 1. The number of thiazole rings is 1. The van der Waals surface area contributed by atoms with Gasteiger partial charge in [-0.05, 0) is 37.6 Å². The fourth-order valence-electron chi connectivity index (χ4n) is 2.66. The maximum Gasteiger partial charge on any atom is 0.293 e. The number of rotatable bonds is 2. The van der Waals surface area contributed by atoms with Gasteiger partial charge in [0.25, 0.3) is 5.91 Å². The third-order valence-corrected chi connectivity index (χ3v) is 5.12. The van der Waals surface area contributed by atoms with Crippen molar-refractivity contribution in [3.05, 3.63) is 58.3 Å². The zero-order valence-electron chi connectivity index (χ0n) is 13.0.